The van der Waals surface area contributed by atoms with E-state index in [-0.39, 0.29) is 23.3 Å². The number of amides is 1. The Morgan fingerprint density at radius 3 is 2.93 bits per heavy atom. The molecule has 8 heteroatoms. The second kappa shape index (κ2) is 9.55. The number of esters is 1. The van der Waals surface area contributed by atoms with E-state index in [2.05, 4.69) is 11.6 Å². The van der Waals surface area contributed by atoms with Gasteiger partial charge in [-0.05, 0) is 43.5 Å². The zero-order valence-corrected chi connectivity index (χ0v) is 17.8. The molecule has 1 aromatic carbocycles. The van der Waals surface area contributed by atoms with Gasteiger partial charge >= 0.3 is 5.97 Å². The number of nitriles is 1. The molecule has 2 heterocycles. The molecule has 1 aromatic heterocycles. The summed E-state index contributed by atoms with van der Waals surface area (Å²) in [6.07, 6.45) is 4.62. The van der Waals surface area contributed by atoms with Crippen LogP contribution in [0.1, 0.15) is 18.9 Å². The number of thioether (sulfide) groups is 1. The largest absolute Gasteiger partial charge is 0.497 e. The first-order valence-electron chi connectivity index (χ1n) is 9.58. The van der Waals surface area contributed by atoms with Crippen LogP contribution in [0.2, 0.25) is 0 Å². The van der Waals surface area contributed by atoms with Gasteiger partial charge in [-0.3, -0.25) is 4.79 Å². The number of nitrogens with one attached hydrogen (secondary N) is 1. The highest BCUT2D eigenvalue weighted by Crippen LogP contribution is 2.39. The van der Waals surface area contributed by atoms with Gasteiger partial charge in [-0.25, -0.2) is 4.79 Å². The van der Waals surface area contributed by atoms with Crippen molar-refractivity contribution < 1.29 is 19.1 Å². The van der Waals surface area contributed by atoms with Crippen LogP contribution in [-0.2, 0) is 20.7 Å². The Bertz CT molecular complexity index is 1050. The van der Waals surface area contributed by atoms with E-state index in [1.807, 2.05) is 37.4 Å². The minimum atomic E-state index is -0.740. The van der Waals surface area contributed by atoms with E-state index >= 15 is 0 Å². The van der Waals surface area contributed by atoms with Gasteiger partial charge in [0.05, 0.1) is 12.4 Å². The van der Waals surface area contributed by atoms with Crippen LogP contribution in [0.3, 0.4) is 0 Å². The van der Waals surface area contributed by atoms with Crippen LogP contribution < -0.4 is 4.74 Å². The molecule has 1 aliphatic heterocycles. The average molecular weight is 426 g/mol. The lowest BCUT2D eigenvalue weighted by atomic mass is 10.1. The zero-order valence-electron chi connectivity index (χ0n) is 16.9. The maximum Gasteiger partial charge on any atom is 0.351 e. The number of carbonyl (C=O) groups is 2. The number of aromatic nitrogens is 1. The number of aromatic amines is 1. The van der Waals surface area contributed by atoms with Gasteiger partial charge < -0.3 is 19.4 Å². The predicted octanol–water partition coefficient (Wildman–Crippen LogP) is 3.54. The molecule has 1 aliphatic rings. The Labute approximate surface area is 179 Å². The third kappa shape index (κ3) is 4.21. The number of rotatable bonds is 8. The van der Waals surface area contributed by atoms with Crippen molar-refractivity contribution >= 4 is 34.5 Å². The van der Waals surface area contributed by atoms with Gasteiger partial charge in [-0.2, -0.15) is 5.26 Å². The van der Waals surface area contributed by atoms with Crippen molar-refractivity contribution in [2.24, 2.45) is 0 Å². The molecule has 0 spiro atoms. The van der Waals surface area contributed by atoms with Crippen molar-refractivity contribution in [3.05, 3.63) is 53.2 Å². The van der Waals surface area contributed by atoms with Gasteiger partial charge in [0.25, 0.3) is 0 Å². The molecule has 1 fully saturated rings. The van der Waals surface area contributed by atoms with Crippen LogP contribution in [-0.4, -0.2) is 47.3 Å². The van der Waals surface area contributed by atoms with Gasteiger partial charge in [0.15, 0.2) is 5.57 Å². The number of hydrogen-bond acceptors (Lipinski definition) is 6. The summed E-state index contributed by atoms with van der Waals surface area (Å²) in [5.74, 6) is -0.0662. The van der Waals surface area contributed by atoms with E-state index < -0.39 is 5.97 Å². The van der Waals surface area contributed by atoms with Crippen molar-refractivity contribution in [3.8, 4) is 11.8 Å². The second-order valence-electron chi connectivity index (χ2n) is 6.63. The SMILES string of the molecule is C=CCOC(=O)/C(C#N)=C1\SC(CCc2c[nH]c3ccc(OC)cc23)C(=O)N1CC. The van der Waals surface area contributed by atoms with Crippen LogP contribution in [0.4, 0.5) is 0 Å². The van der Waals surface area contributed by atoms with Crippen molar-refractivity contribution in [1.82, 2.24) is 9.88 Å². The van der Waals surface area contributed by atoms with Gasteiger partial charge in [-0.15, -0.1) is 0 Å². The summed E-state index contributed by atoms with van der Waals surface area (Å²) in [7, 11) is 1.63. The maximum absolute atomic E-state index is 12.9. The third-order valence-electron chi connectivity index (χ3n) is 4.87. The average Bonchev–Trinajstić information content (AvgIpc) is 3.31. The number of H-pyrrole nitrogens is 1. The third-order valence-corrected chi connectivity index (χ3v) is 6.24. The Morgan fingerprint density at radius 2 is 2.27 bits per heavy atom. The molecule has 1 saturated heterocycles. The fourth-order valence-corrected chi connectivity index (χ4v) is 4.69. The van der Waals surface area contributed by atoms with Gasteiger partial charge in [-0.1, -0.05) is 24.4 Å². The first-order valence-corrected chi connectivity index (χ1v) is 10.5. The summed E-state index contributed by atoms with van der Waals surface area (Å²) in [4.78, 5) is 29.8. The van der Waals surface area contributed by atoms with Crippen LogP contribution in [0, 0.1) is 11.3 Å². The van der Waals surface area contributed by atoms with Crippen molar-refractivity contribution in [1.29, 1.82) is 5.26 Å². The Hall–Kier alpha value is -3.18. The molecular formula is C22H23N3O4S. The number of hydrogen-bond donors (Lipinski definition) is 1. The molecule has 156 valence electrons. The Kier molecular flexibility index (Phi) is 6.85. The monoisotopic (exact) mass is 425 g/mol. The summed E-state index contributed by atoms with van der Waals surface area (Å²) in [6.45, 7) is 5.70. The van der Waals surface area contributed by atoms with Crippen molar-refractivity contribution in [2.45, 2.75) is 25.0 Å². The van der Waals surface area contributed by atoms with Crippen molar-refractivity contribution in [3.63, 3.8) is 0 Å². The van der Waals surface area contributed by atoms with Gasteiger partial charge in [0.1, 0.15) is 23.5 Å². The van der Waals surface area contributed by atoms with Crippen LogP contribution in [0.5, 0.6) is 5.75 Å². The van der Waals surface area contributed by atoms with E-state index in [0.29, 0.717) is 24.4 Å². The van der Waals surface area contributed by atoms with E-state index in [0.717, 1.165) is 22.2 Å². The molecular weight excluding hydrogens is 402 g/mol. The van der Waals surface area contributed by atoms with Crippen LogP contribution in [0.25, 0.3) is 10.9 Å². The standard InChI is InChI=1S/C22H23N3O4S/c1-4-10-29-22(27)17(12-23)21-25(5-2)20(26)19(30-21)9-6-14-13-24-18-8-7-15(28-3)11-16(14)18/h4,7-8,11,13,19,24H,1,5-6,9-10H2,2-3H3/b21-17-. The second-order valence-corrected chi connectivity index (χ2v) is 7.82. The molecule has 2 aromatic rings. The Balaban J connectivity index is 1.80. The number of methoxy groups -OCH3 is 1. The zero-order chi connectivity index (χ0) is 21.7. The number of nitrogens with zero attached hydrogens (tertiary/aromatic N) is 2. The number of benzene rings is 1. The van der Waals surface area contributed by atoms with Crippen molar-refractivity contribution in [2.75, 3.05) is 20.3 Å². The molecule has 30 heavy (non-hydrogen) atoms. The molecule has 7 nitrogen and oxygen atoms in total. The number of fused-ring (bicyclic) bond motifs is 1. The summed E-state index contributed by atoms with van der Waals surface area (Å²) in [5, 5.41) is 10.5. The smallest absolute Gasteiger partial charge is 0.351 e. The first kappa shape index (κ1) is 21.5. The van der Waals surface area contributed by atoms with Crippen LogP contribution in [0.15, 0.2) is 47.7 Å². The maximum atomic E-state index is 12.9. The molecule has 3 rings (SSSR count). The van der Waals surface area contributed by atoms with E-state index in [1.54, 1.807) is 7.11 Å². The lowest BCUT2D eigenvalue weighted by Crippen LogP contribution is -2.29. The molecule has 1 amide bonds. The Morgan fingerprint density at radius 1 is 1.47 bits per heavy atom. The predicted molar refractivity (Wildman–Crippen MR) is 116 cm³/mol. The number of carbonyl (C=O) groups excluding carboxylic acids is 2. The highest BCUT2D eigenvalue weighted by molar-refractivity contribution is 8.04. The van der Waals surface area contributed by atoms with Crippen LogP contribution >= 0.6 is 11.8 Å². The summed E-state index contributed by atoms with van der Waals surface area (Å²) in [6, 6.07) is 7.72. The summed E-state index contributed by atoms with van der Waals surface area (Å²) in [5.41, 5.74) is 1.95. The van der Waals surface area contributed by atoms with E-state index in [1.165, 1.54) is 22.7 Å². The molecule has 0 aliphatic carbocycles. The first-order chi connectivity index (χ1) is 14.5. The molecule has 0 saturated carbocycles. The molecule has 1 atom stereocenters. The fraction of sp³-hybridized carbons (Fsp3) is 0.318. The normalized spacial score (nSPS) is 17.7. The van der Waals surface area contributed by atoms with Gasteiger partial charge in [0, 0.05) is 23.6 Å². The van der Waals surface area contributed by atoms with Gasteiger partial charge in [0.2, 0.25) is 5.91 Å². The minimum absolute atomic E-state index is 0.00941. The molecule has 1 unspecified atom stereocenters. The lowest BCUT2D eigenvalue weighted by Gasteiger charge is -2.15. The lowest BCUT2D eigenvalue weighted by molar-refractivity contribution is -0.137. The topological polar surface area (TPSA) is 95.4 Å². The number of ether oxygens (including phenoxy) is 2. The number of aryl methyl sites for hydroxylation is 1. The quantitative estimate of drug-likeness (QED) is 0.301. The van der Waals surface area contributed by atoms with E-state index in [9.17, 15) is 14.9 Å². The summed E-state index contributed by atoms with van der Waals surface area (Å²) >= 11 is 1.25. The molecule has 0 radical (unpaired) electrons. The summed E-state index contributed by atoms with van der Waals surface area (Å²) < 4.78 is 10.3. The molecule has 1 N–H and O–H groups in total. The van der Waals surface area contributed by atoms with E-state index in [4.69, 9.17) is 9.47 Å². The minimum Gasteiger partial charge on any atom is -0.497 e. The molecule has 0 bridgehead atoms. The highest BCUT2D eigenvalue weighted by Gasteiger charge is 2.39. The fourth-order valence-electron chi connectivity index (χ4n) is 3.36. The highest BCUT2D eigenvalue weighted by atomic mass is 32.2.